The maximum atomic E-state index is 11.7. The summed E-state index contributed by atoms with van der Waals surface area (Å²) in [5.74, 6) is -2.27. The summed E-state index contributed by atoms with van der Waals surface area (Å²) in [6.45, 7) is 0. The number of carbonyl (C=O) groups excluding carboxylic acids is 3. The monoisotopic (exact) mass is 310 g/mol. The molecule has 0 saturated carbocycles. The fourth-order valence-electron chi connectivity index (χ4n) is 1.37. The first-order valence-electron chi connectivity index (χ1n) is 5.94. The van der Waals surface area contributed by atoms with Crippen LogP contribution in [0.5, 0.6) is 0 Å². The Balaban J connectivity index is 2.36. The quantitative estimate of drug-likeness (QED) is 0.577. The second-order valence-corrected chi connectivity index (χ2v) is 4.96. The molecule has 0 bridgehead atoms. The van der Waals surface area contributed by atoms with Gasteiger partial charge in [0, 0.05) is 11.3 Å². The van der Waals surface area contributed by atoms with Crippen LogP contribution in [-0.4, -0.2) is 46.8 Å². The van der Waals surface area contributed by atoms with Crippen LogP contribution < -0.4 is 10.6 Å². The maximum Gasteiger partial charge on any atom is 0.327 e. The molecule has 0 aliphatic carbocycles. The van der Waals surface area contributed by atoms with Crippen LogP contribution in [0, 0.1) is 0 Å². The van der Waals surface area contributed by atoms with E-state index in [0.717, 1.165) is 11.8 Å². The first-order valence-corrected chi connectivity index (χ1v) is 7.09. The standard InChI is InChI=1S/C13H14N2O5S/c16-8-14-10(13(19)20)6-21-7-11(17)15-12(18)9-4-2-1-3-5-9/h1-5,8,10H,6-7H2,(H,14,16)(H,19,20)(H,15,17,18). The first kappa shape index (κ1) is 16.7. The number of carbonyl (C=O) groups is 4. The van der Waals surface area contributed by atoms with Gasteiger partial charge in [0.15, 0.2) is 0 Å². The van der Waals surface area contributed by atoms with Crippen LogP contribution in [0.3, 0.4) is 0 Å². The number of hydrogen-bond acceptors (Lipinski definition) is 5. The van der Waals surface area contributed by atoms with E-state index in [1.54, 1.807) is 30.3 Å². The molecule has 1 rings (SSSR count). The second kappa shape index (κ2) is 8.75. The smallest absolute Gasteiger partial charge is 0.327 e. The van der Waals surface area contributed by atoms with Crippen molar-refractivity contribution in [3.8, 4) is 0 Å². The fourth-order valence-corrected chi connectivity index (χ4v) is 2.22. The number of hydrogen-bond donors (Lipinski definition) is 3. The summed E-state index contributed by atoms with van der Waals surface area (Å²) in [5, 5.41) is 13.1. The van der Waals surface area contributed by atoms with Gasteiger partial charge in [0.25, 0.3) is 5.91 Å². The average Bonchev–Trinajstić information content (AvgIpc) is 2.47. The number of carboxylic acid groups (broad SMARTS) is 1. The van der Waals surface area contributed by atoms with Gasteiger partial charge >= 0.3 is 5.97 Å². The molecule has 1 atom stereocenters. The minimum absolute atomic E-state index is 0.0288. The van der Waals surface area contributed by atoms with Gasteiger partial charge in [0.05, 0.1) is 5.75 Å². The zero-order valence-corrected chi connectivity index (χ0v) is 11.8. The van der Waals surface area contributed by atoms with Crippen LogP contribution in [0.1, 0.15) is 10.4 Å². The molecule has 0 heterocycles. The van der Waals surface area contributed by atoms with Gasteiger partial charge in [-0.3, -0.25) is 19.7 Å². The van der Waals surface area contributed by atoms with Gasteiger partial charge in [-0.2, -0.15) is 0 Å². The molecule has 3 N–H and O–H groups in total. The summed E-state index contributed by atoms with van der Waals surface area (Å²) in [7, 11) is 0. The molecule has 0 aromatic heterocycles. The molecule has 0 spiro atoms. The van der Waals surface area contributed by atoms with Gasteiger partial charge in [0.1, 0.15) is 6.04 Å². The van der Waals surface area contributed by atoms with E-state index in [2.05, 4.69) is 10.6 Å². The third-order valence-electron chi connectivity index (χ3n) is 2.37. The normalized spacial score (nSPS) is 11.2. The number of carboxylic acids is 1. The Hall–Kier alpha value is -2.35. The highest BCUT2D eigenvalue weighted by molar-refractivity contribution is 8.00. The van der Waals surface area contributed by atoms with Crippen molar-refractivity contribution in [1.82, 2.24) is 10.6 Å². The molecule has 21 heavy (non-hydrogen) atoms. The Morgan fingerprint density at radius 2 is 1.90 bits per heavy atom. The maximum absolute atomic E-state index is 11.7. The van der Waals surface area contributed by atoms with Crippen molar-refractivity contribution in [1.29, 1.82) is 0 Å². The molecule has 1 aromatic rings. The van der Waals surface area contributed by atoms with E-state index in [-0.39, 0.29) is 11.5 Å². The van der Waals surface area contributed by atoms with Crippen molar-refractivity contribution in [2.75, 3.05) is 11.5 Å². The lowest BCUT2D eigenvalue weighted by Crippen LogP contribution is -2.38. The zero-order valence-electron chi connectivity index (χ0n) is 10.9. The van der Waals surface area contributed by atoms with Crippen molar-refractivity contribution in [3.05, 3.63) is 35.9 Å². The molecular formula is C13H14N2O5S. The summed E-state index contributed by atoms with van der Waals surface area (Å²) < 4.78 is 0. The van der Waals surface area contributed by atoms with E-state index >= 15 is 0 Å². The Labute approximate surface area is 125 Å². The number of aliphatic carboxylic acids is 1. The van der Waals surface area contributed by atoms with E-state index in [1.165, 1.54) is 0 Å². The summed E-state index contributed by atoms with van der Waals surface area (Å²) >= 11 is 1.01. The molecule has 0 aliphatic rings. The van der Waals surface area contributed by atoms with E-state index in [4.69, 9.17) is 5.11 Å². The third kappa shape index (κ3) is 6.09. The van der Waals surface area contributed by atoms with Gasteiger partial charge in [-0.1, -0.05) is 18.2 Å². The fraction of sp³-hybridized carbons (Fsp3) is 0.231. The van der Waals surface area contributed by atoms with Crippen molar-refractivity contribution in [3.63, 3.8) is 0 Å². The number of benzene rings is 1. The Morgan fingerprint density at radius 1 is 1.24 bits per heavy atom. The predicted octanol–water partition coefficient (Wildman–Crippen LogP) is -0.125. The van der Waals surface area contributed by atoms with E-state index in [9.17, 15) is 19.2 Å². The molecule has 7 nitrogen and oxygen atoms in total. The molecule has 1 aromatic carbocycles. The van der Waals surface area contributed by atoms with Crippen molar-refractivity contribution < 1.29 is 24.3 Å². The van der Waals surface area contributed by atoms with Gasteiger partial charge in [-0.25, -0.2) is 4.79 Å². The highest BCUT2D eigenvalue weighted by Gasteiger charge is 2.17. The summed E-state index contributed by atoms with van der Waals surface area (Å²) in [5.41, 5.74) is 0.363. The largest absolute Gasteiger partial charge is 0.480 e. The van der Waals surface area contributed by atoms with Gasteiger partial charge < -0.3 is 10.4 Å². The minimum Gasteiger partial charge on any atom is -0.480 e. The lowest BCUT2D eigenvalue weighted by molar-refractivity contribution is -0.139. The molecular weight excluding hydrogens is 296 g/mol. The van der Waals surface area contributed by atoms with Crippen LogP contribution in [0.4, 0.5) is 0 Å². The van der Waals surface area contributed by atoms with Gasteiger partial charge in [-0.15, -0.1) is 11.8 Å². The third-order valence-corrected chi connectivity index (χ3v) is 3.41. The van der Waals surface area contributed by atoms with Crippen LogP contribution in [0.2, 0.25) is 0 Å². The van der Waals surface area contributed by atoms with Gasteiger partial charge in [-0.05, 0) is 12.1 Å². The Bertz CT molecular complexity index is 521. The Morgan fingerprint density at radius 3 is 2.48 bits per heavy atom. The number of amides is 3. The predicted molar refractivity (Wildman–Crippen MR) is 76.9 cm³/mol. The van der Waals surface area contributed by atoms with Crippen LogP contribution in [0.25, 0.3) is 0 Å². The van der Waals surface area contributed by atoms with Crippen molar-refractivity contribution >= 4 is 36.0 Å². The second-order valence-electron chi connectivity index (χ2n) is 3.93. The molecule has 0 radical (unpaired) electrons. The highest BCUT2D eigenvalue weighted by Crippen LogP contribution is 2.04. The molecule has 1 unspecified atom stereocenters. The van der Waals surface area contributed by atoms with Gasteiger partial charge in [0.2, 0.25) is 12.3 Å². The van der Waals surface area contributed by atoms with E-state index < -0.39 is 23.8 Å². The number of nitrogens with one attached hydrogen (secondary N) is 2. The molecule has 3 amide bonds. The minimum atomic E-state index is -1.18. The average molecular weight is 310 g/mol. The highest BCUT2D eigenvalue weighted by atomic mass is 32.2. The molecule has 8 heteroatoms. The summed E-state index contributed by atoms with van der Waals surface area (Å²) in [6, 6.07) is 7.19. The zero-order chi connectivity index (χ0) is 15.7. The summed E-state index contributed by atoms with van der Waals surface area (Å²) in [6.07, 6.45) is 0.290. The van der Waals surface area contributed by atoms with Crippen LogP contribution in [0.15, 0.2) is 30.3 Å². The van der Waals surface area contributed by atoms with Crippen LogP contribution in [-0.2, 0) is 14.4 Å². The number of imide groups is 1. The first-order chi connectivity index (χ1) is 10.0. The van der Waals surface area contributed by atoms with Crippen molar-refractivity contribution in [2.24, 2.45) is 0 Å². The summed E-state index contributed by atoms with van der Waals surface area (Å²) in [4.78, 5) is 44.2. The number of rotatable bonds is 8. The van der Waals surface area contributed by atoms with Crippen molar-refractivity contribution in [2.45, 2.75) is 6.04 Å². The topological polar surface area (TPSA) is 113 Å². The molecule has 0 saturated heterocycles. The lowest BCUT2D eigenvalue weighted by Gasteiger charge is -2.10. The van der Waals surface area contributed by atoms with E-state index in [1.807, 2.05) is 0 Å². The molecule has 0 aliphatic heterocycles. The lowest BCUT2D eigenvalue weighted by atomic mass is 10.2. The molecule has 0 fully saturated rings. The molecule has 112 valence electrons. The SMILES string of the molecule is O=CNC(CSCC(=O)NC(=O)c1ccccc1)C(=O)O. The Kier molecular flexibility index (Phi) is 6.96. The van der Waals surface area contributed by atoms with Crippen LogP contribution >= 0.6 is 11.8 Å². The number of thioether (sulfide) groups is 1. The van der Waals surface area contributed by atoms with E-state index in [0.29, 0.717) is 12.0 Å².